The van der Waals surface area contributed by atoms with E-state index in [4.69, 9.17) is 9.15 Å². The van der Waals surface area contributed by atoms with Gasteiger partial charge in [0.05, 0.1) is 17.7 Å². The molecule has 168 valence electrons. The van der Waals surface area contributed by atoms with Gasteiger partial charge in [-0.15, -0.1) is 11.3 Å². The molecule has 8 heteroatoms. The van der Waals surface area contributed by atoms with Gasteiger partial charge in [-0.25, -0.2) is 0 Å². The number of nitrogens with one attached hydrogen (secondary N) is 1. The zero-order chi connectivity index (χ0) is 22.8. The first kappa shape index (κ1) is 21.1. The molecule has 1 N–H and O–H groups in total. The van der Waals surface area contributed by atoms with Crippen LogP contribution in [0.25, 0.3) is 11.0 Å². The van der Waals surface area contributed by atoms with Crippen LogP contribution in [0, 0.1) is 0 Å². The molecule has 0 radical (unpaired) electrons. The summed E-state index contributed by atoms with van der Waals surface area (Å²) in [5.41, 5.74) is 2.00. The van der Waals surface area contributed by atoms with Gasteiger partial charge in [0.15, 0.2) is 0 Å². The summed E-state index contributed by atoms with van der Waals surface area (Å²) in [6.45, 7) is 2.41. The molecule has 0 unspecified atom stereocenters. The van der Waals surface area contributed by atoms with Gasteiger partial charge in [0.25, 0.3) is 11.8 Å². The van der Waals surface area contributed by atoms with Crippen LogP contribution in [-0.2, 0) is 0 Å². The molecule has 1 aliphatic heterocycles. The fourth-order valence-electron chi connectivity index (χ4n) is 4.09. The number of para-hydroxylation sites is 3. The third-order valence-corrected chi connectivity index (χ3v) is 6.63. The van der Waals surface area contributed by atoms with Crippen molar-refractivity contribution in [1.82, 2.24) is 4.90 Å². The highest BCUT2D eigenvalue weighted by Crippen LogP contribution is 2.33. The van der Waals surface area contributed by atoms with Crippen LogP contribution in [0.3, 0.4) is 0 Å². The topological polar surface area (TPSA) is 75.0 Å². The number of thiophene rings is 1. The number of anilines is 2. The number of hydrogen-bond acceptors (Lipinski definition) is 6. The Morgan fingerprint density at radius 1 is 0.970 bits per heavy atom. The summed E-state index contributed by atoms with van der Waals surface area (Å²) in [5, 5.41) is 5.46. The van der Waals surface area contributed by atoms with E-state index >= 15 is 0 Å². The van der Waals surface area contributed by atoms with Crippen molar-refractivity contribution in [3.8, 4) is 5.75 Å². The van der Waals surface area contributed by atoms with Crippen molar-refractivity contribution in [1.29, 1.82) is 0 Å². The lowest BCUT2D eigenvalue weighted by Gasteiger charge is -2.36. The minimum atomic E-state index is -0.258. The first-order valence-corrected chi connectivity index (χ1v) is 11.6. The van der Waals surface area contributed by atoms with Crippen molar-refractivity contribution in [2.45, 2.75) is 0 Å². The fourth-order valence-corrected chi connectivity index (χ4v) is 4.71. The average Bonchev–Trinajstić information content (AvgIpc) is 3.53. The van der Waals surface area contributed by atoms with Gasteiger partial charge in [0.1, 0.15) is 17.0 Å². The molecule has 5 rings (SSSR count). The van der Waals surface area contributed by atoms with E-state index in [1.165, 1.54) is 11.3 Å². The lowest BCUT2D eigenvalue weighted by atomic mass is 10.2. The third-order valence-electron chi connectivity index (χ3n) is 5.77. The van der Waals surface area contributed by atoms with Crippen LogP contribution in [0.2, 0.25) is 0 Å². The molecule has 0 saturated carbocycles. The zero-order valence-electron chi connectivity index (χ0n) is 18.1. The second-order valence-electron chi connectivity index (χ2n) is 7.68. The van der Waals surface area contributed by atoms with E-state index in [9.17, 15) is 9.59 Å². The predicted molar refractivity (Wildman–Crippen MR) is 130 cm³/mol. The van der Waals surface area contributed by atoms with Gasteiger partial charge in [-0.1, -0.05) is 30.3 Å². The molecule has 2 amide bonds. The van der Waals surface area contributed by atoms with E-state index in [2.05, 4.69) is 10.2 Å². The van der Waals surface area contributed by atoms with Gasteiger partial charge >= 0.3 is 0 Å². The van der Waals surface area contributed by atoms with Crippen molar-refractivity contribution in [3.63, 3.8) is 0 Å². The summed E-state index contributed by atoms with van der Waals surface area (Å²) in [6.07, 6.45) is 0. The number of methoxy groups -OCH3 is 1. The molecule has 3 heterocycles. The van der Waals surface area contributed by atoms with Crippen molar-refractivity contribution in [2.24, 2.45) is 0 Å². The minimum absolute atomic E-state index is 0.159. The molecule has 7 nitrogen and oxygen atoms in total. The van der Waals surface area contributed by atoms with E-state index in [1.807, 2.05) is 53.9 Å². The molecule has 1 aliphatic rings. The predicted octanol–water partition coefficient (Wildman–Crippen LogP) is 4.72. The minimum Gasteiger partial charge on any atom is -0.495 e. The van der Waals surface area contributed by atoms with Gasteiger partial charge in [-0.2, -0.15) is 0 Å². The van der Waals surface area contributed by atoms with E-state index in [0.717, 1.165) is 11.4 Å². The van der Waals surface area contributed by atoms with Gasteiger partial charge < -0.3 is 24.3 Å². The van der Waals surface area contributed by atoms with Crippen molar-refractivity contribution < 1.29 is 18.7 Å². The summed E-state index contributed by atoms with van der Waals surface area (Å²) >= 11 is 1.35. The fraction of sp³-hybridized carbons (Fsp3) is 0.200. The number of hydrogen-bond donors (Lipinski definition) is 1. The largest absolute Gasteiger partial charge is 0.495 e. The Bertz CT molecular complexity index is 1290. The number of fused-ring (bicyclic) bond motifs is 1. The molecule has 0 spiro atoms. The Labute approximate surface area is 195 Å². The second kappa shape index (κ2) is 8.99. The zero-order valence-corrected chi connectivity index (χ0v) is 18.9. The van der Waals surface area contributed by atoms with Crippen LogP contribution in [0.5, 0.6) is 5.75 Å². The maximum Gasteiger partial charge on any atom is 0.291 e. The lowest BCUT2D eigenvalue weighted by Crippen LogP contribution is -2.49. The third kappa shape index (κ3) is 4.05. The van der Waals surface area contributed by atoms with Crippen LogP contribution in [0.4, 0.5) is 11.4 Å². The smallest absolute Gasteiger partial charge is 0.291 e. The number of amides is 2. The average molecular weight is 462 g/mol. The highest BCUT2D eigenvalue weighted by Gasteiger charge is 2.29. The number of furan rings is 1. The van der Waals surface area contributed by atoms with E-state index in [-0.39, 0.29) is 17.6 Å². The van der Waals surface area contributed by atoms with Gasteiger partial charge in [0.2, 0.25) is 5.76 Å². The molecule has 2 aromatic heterocycles. The number of ether oxygens (including phenoxy) is 1. The van der Waals surface area contributed by atoms with Gasteiger partial charge in [-0.3, -0.25) is 9.59 Å². The summed E-state index contributed by atoms with van der Waals surface area (Å²) in [4.78, 5) is 30.8. The molecule has 1 saturated heterocycles. The van der Waals surface area contributed by atoms with Crippen molar-refractivity contribution in [2.75, 3.05) is 43.5 Å². The Balaban J connectivity index is 1.38. The summed E-state index contributed by atoms with van der Waals surface area (Å²) in [7, 11) is 1.66. The highest BCUT2D eigenvalue weighted by molar-refractivity contribution is 7.12. The van der Waals surface area contributed by atoms with Crippen LogP contribution >= 0.6 is 11.3 Å². The number of carbonyl (C=O) groups is 2. The molecule has 33 heavy (non-hydrogen) atoms. The van der Waals surface area contributed by atoms with Crippen molar-refractivity contribution in [3.05, 3.63) is 76.7 Å². The van der Waals surface area contributed by atoms with E-state index in [0.29, 0.717) is 47.7 Å². The Hall–Kier alpha value is -3.78. The van der Waals surface area contributed by atoms with Crippen LogP contribution < -0.4 is 15.0 Å². The number of benzene rings is 2. The molecular formula is C25H23N3O4S. The van der Waals surface area contributed by atoms with Gasteiger partial charge in [0, 0.05) is 31.6 Å². The number of nitrogens with zero attached hydrogens (tertiary/aromatic N) is 2. The quantitative estimate of drug-likeness (QED) is 0.466. The summed E-state index contributed by atoms with van der Waals surface area (Å²) in [5.74, 6) is 0.485. The lowest BCUT2D eigenvalue weighted by molar-refractivity contribution is 0.0718. The molecule has 4 aromatic rings. The highest BCUT2D eigenvalue weighted by atomic mass is 32.1. The maximum atomic E-state index is 13.5. The first-order chi connectivity index (χ1) is 16.2. The Morgan fingerprint density at radius 2 is 1.73 bits per heavy atom. The van der Waals surface area contributed by atoms with Crippen LogP contribution in [0.15, 0.2) is 70.5 Å². The SMILES string of the molecule is COc1ccccc1N1CCN(C(=O)c2oc3ccccc3c2NC(=O)c2cccs2)CC1. The molecule has 2 aromatic carbocycles. The van der Waals surface area contributed by atoms with E-state index < -0.39 is 0 Å². The standard InChI is InChI=1S/C25H23N3O4S/c1-31-20-10-5-3-8-18(20)27-12-14-28(15-13-27)25(30)23-22(17-7-2-4-9-19(17)32-23)26-24(29)21-11-6-16-33-21/h2-11,16H,12-15H2,1H3,(H,26,29). The number of rotatable bonds is 5. The van der Waals surface area contributed by atoms with Gasteiger partial charge in [-0.05, 0) is 35.7 Å². The number of piperazine rings is 1. The summed E-state index contributed by atoms with van der Waals surface area (Å²) in [6, 6.07) is 18.8. The monoisotopic (exact) mass is 461 g/mol. The summed E-state index contributed by atoms with van der Waals surface area (Å²) < 4.78 is 11.4. The van der Waals surface area contributed by atoms with Crippen molar-refractivity contribution >= 4 is 45.5 Å². The molecule has 1 fully saturated rings. The maximum absolute atomic E-state index is 13.5. The molecule has 0 bridgehead atoms. The molecular weight excluding hydrogens is 438 g/mol. The normalized spacial score (nSPS) is 13.8. The van der Waals surface area contributed by atoms with Crippen LogP contribution in [-0.4, -0.2) is 50.0 Å². The van der Waals surface area contributed by atoms with E-state index in [1.54, 1.807) is 24.1 Å². The molecule has 0 aliphatic carbocycles. The second-order valence-corrected chi connectivity index (χ2v) is 8.63. The Kier molecular flexibility index (Phi) is 5.75. The first-order valence-electron chi connectivity index (χ1n) is 10.7. The van der Waals surface area contributed by atoms with Crippen LogP contribution in [0.1, 0.15) is 20.2 Å². The molecule has 0 atom stereocenters. The Morgan fingerprint density at radius 3 is 2.48 bits per heavy atom. The number of carbonyl (C=O) groups excluding carboxylic acids is 2.